The van der Waals surface area contributed by atoms with Gasteiger partial charge in [0.25, 0.3) is 5.91 Å². The smallest absolute Gasteiger partial charge is 0.256 e. The second kappa shape index (κ2) is 8.55. The highest BCUT2D eigenvalue weighted by Crippen LogP contribution is 2.39. The average molecular weight is 384 g/mol. The molecule has 1 saturated heterocycles. The van der Waals surface area contributed by atoms with Crippen molar-refractivity contribution in [3.05, 3.63) is 51.9 Å². The van der Waals surface area contributed by atoms with Crippen LogP contribution in [0.2, 0.25) is 0 Å². The summed E-state index contributed by atoms with van der Waals surface area (Å²) in [4.78, 5) is 19.3. The number of hydrogen-bond donors (Lipinski definition) is 1. The Hall–Kier alpha value is -1.69. The predicted octanol–water partition coefficient (Wildman–Crippen LogP) is 4.02. The van der Waals surface area contributed by atoms with Gasteiger partial charge in [-0.3, -0.25) is 9.69 Å². The number of fused-ring (bicyclic) bond motifs is 1. The molecule has 1 aliphatic carbocycles. The third-order valence-electron chi connectivity index (χ3n) is 5.84. The third-order valence-corrected chi connectivity index (χ3v) is 7.09. The molecule has 1 aromatic heterocycles. The molecule has 0 spiro atoms. The fourth-order valence-corrected chi connectivity index (χ4v) is 5.45. The van der Waals surface area contributed by atoms with Gasteiger partial charge in [0.2, 0.25) is 0 Å². The van der Waals surface area contributed by atoms with Gasteiger partial charge in [-0.05, 0) is 49.9 Å². The minimum Gasteiger partial charge on any atom is -0.313 e. The lowest BCUT2D eigenvalue weighted by Gasteiger charge is -2.34. The number of carbonyl (C=O) groups excluding carboxylic acids is 1. The van der Waals surface area contributed by atoms with Gasteiger partial charge in [0, 0.05) is 48.7 Å². The summed E-state index contributed by atoms with van der Waals surface area (Å²) in [5, 5.41) is 4.31. The van der Waals surface area contributed by atoms with Gasteiger partial charge in [0.1, 0.15) is 5.00 Å². The van der Waals surface area contributed by atoms with Crippen LogP contribution in [0.1, 0.15) is 46.1 Å². The van der Waals surface area contributed by atoms with Gasteiger partial charge in [-0.1, -0.05) is 25.1 Å². The summed E-state index contributed by atoms with van der Waals surface area (Å²) in [7, 11) is 0. The molecule has 0 bridgehead atoms. The summed E-state index contributed by atoms with van der Waals surface area (Å²) in [5.41, 5.74) is 3.63. The zero-order valence-corrected chi connectivity index (χ0v) is 17.0. The Morgan fingerprint density at radius 2 is 1.74 bits per heavy atom. The number of anilines is 1. The standard InChI is InChI=1S/C22H29N3OS/c1-2-24-12-14-25(15-13-24)16-19-18-10-6-7-11-20(18)27-22(19)23-21(26)17-8-4-3-5-9-17/h3-5,8-9H,2,6-7,10-16H2,1H3,(H,23,26). The maximum Gasteiger partial charge on any atom is 0.256 e. The number of amides is 1. The first-order valence-corrected chi connectivity index (χ1v) is 11.0. The van der Waals surface area contributed by atoms with Gasteiger partial charge in [0.15, 0.2) is 0 Å². The number of nitrogens with one attached hydrogen (secondary N) is 1. The number of aryl methyl sites for hydroxylation is 1. The molecule has 1 aromatic carbocycles. The maximum absolute atomic E-state index is 12.7. The third kappa shape index (κ3) is 4.26. The highest BCUT2D eigenvalue weighted by molar-refractivity contribution is 7.16. The van der Waals surface area contributed by atoms with E-state index < -0.39 is 0 Å². The van der Waals surface area contributed by atoms with Crippen molar-refractivity contribution in [1.29, 1.82) is 0 Å². The lowest BCUT2D eigenvalue weighted by Crippen LogP contribution is -2.45. The van der Waals surface area contributed by atoms with Gasteiger partial charge in [-0.15, -0.1) is 11.3 Å². The van der Waals surface area contributed by atoms with Crippen LogP contribution < -0.4 is 5.32 Å². The highest BCUT2D eigenvalue weighted by atomic mass is 32.1. The molecule has 0 radical (unpaired) electrons. The molecule has 1 aliphatic heterocycles. The van der Waals surface area contributed by atoms with Crippen LogP contribution in [0.4, 0.5) is 5.00 Å². The highest BCUT2D eigenvalue weighted by Gasteiger charge is 2.25. The minimum atomic E-state index is 0.00579. The van der Waals surface area contributed by atoms with E-state index >= 15 is 0 Å². The van der Waals surface area contributed by atoms with E-state index in [2.05, 4.69) is 22.0 Å². The summed E-state index contributed by atoms with van der Waals surface area (Å²) in [6.45, 7) is 8.87. The van der Waals surface area contributed by atoms with Crippen molar-refractivity contribution in [2.24, 2.45) is 0 Å². The van der Waals surface area contributed by atoms with E-state index in [1.165, 1.54) is 28.8 Å². The molecule has 0 atom stereocenters. The second-order valence-electron chi connectivity index (χ2n) is 7.55. The molecular weight excluding hydrogens is 354 g/mol. The Morgan fingerprint density at radius 3 is 2.48 bits per heavy atom. The van der Waals surface area contributed by atoms with Crippen LogP contribution in [0, 0.1) is 0 Å². The molecule has 27 heavy (non-hydrogen) atoms. The van der Waals surface area contributed by atoms with E-state index in [1.807, 2.05) is 41.7 Å². The number of thiophene rings is 1. The summed E-state index contributed by atoms with van der Waals surface area (Å²) < 4.78 is 0. The van der Waals surface area contributed by atoms with Gasteiger partial charge in [-0.25, -0.2) is 0 Å². The van der Waals surface area contributed by atoms with Crippen molar-refractivity contribution >= 4 is 22.2 Å². The molecule has 1 fully saturated rings. The van der Waals surface area contributed by atoms with Crippen LogP contribution in [-0.4, -0.2) is 48.4 Å². The number of benzene rings is 1. The van der Waals surface area contributed by atoms with Gasteiger partial charge < -0.3 is 10.2 Å². The van der Waals surface area contributed by atoms with Crippen molar-refractivity contribution in [2.75, 3.05) is 38.0 Å². The number of likely N-dealkylation sites (N-methyl/N-ethyl adjacent to an activating group) is 1. The molecule has 2 aromatic rings. The normalized spacial score (nSPS) is 18.3. The minimum absolute atomic E-state index is 0.00579. The molecule has 4 rings (SSSR count). The molecular formula is C22H29N3OS. The summed E-state index contributed by atoms with van der Waals surface area (Å²) in [5.74, 6) is 0.00579. The zero-order chi connectivity index (χ0) is 18.6. The first-order valence-electron chi connectivity index (χ1n) is 10.2. The average Bonchev–Trinajstić information content (AvgIpc) is 3.06. The van der Waals surface area contributed by atoms with Crippen LogP contribution in [0.5, 0.6) is 0 Å². The Labute approximate surface area is 166 Å². The van der Waals surface area contributed by atoms with Crippen molar-refractivity contribution in [2.45, 2.75) is 39.2 Å². The summed E-state index contributed by atoms with van der Waals surface area (Å²) in [6, 6.07) is 9.55. The summed E-state index contributed by atoms with van der Waals surface area (Å²) >= 11 is 1.81. The molecule has 2 heterocycles. The van der Waals surface area contributed by atoms with Gasteiger partial charge in [0.05, 0.1) is 0 Å². The van der Waals surface area contributed by atoms with Crippen molar-refractivity contribution in [3.63, 3.8) is 0 Å². The Balaban J connectivity index is 1.54. The second-order valence-corrected chi connectivity index (χ2v) is 8.65. The Bertz CT molecular complexity index is 778. The topological polar surface area (TPSA) is 35.6 Å². The quantitative estimate of drug-likeness (QED) is 0.847. The molecule has 0 unspecified atom stereocenters. The molecule has 4 nitrogen and oxygen atoms in total. The number of rotatable bonds is 5. The van der Waals surface area contributed by atoms with E-state index in [0.29, 0.717) is 0 Å². The predicted molar refractivity (Wildman–Crippen MR) is 113 cm³/mol. The number of nitrogens with zero attached hydrogens (tertiary/aromatic N) is 2. The first-order chi connectivity index (χ1) is 13.2. The molecule has 1 amide bonds. The Kier molecular flexibility index (Phi) is 5.91. The molecule has 1 N–H and O–H groups in total. The summed E-state index contributed by atoms with van der Waals surface area (Å²) in [6.07, 6.45) is 4.87. The van der Waals surface area contributed by atoms with E-state index in [9.17, 15) is 4.79 Å². The van der Waals surface area contributed by atoms with Gasteiger partial charge >= 0.3 is 0 Å². The largest absolute Gasteiger partial charge is 0.313 e. The van der Waals surface area contributed by atoms with Crippen LogP contribution >= 0.6 is 11.3 Å². The van der Waals surface area contributed by atoms with E-state index in [0.717, 1.165) is 62.7 Å². The molecule has 0 saturated carbocycles. The molecule has 144 valence electrons. The van der Waals surface area contributed by atoms with Crippen LogP contribution in [-0.2, 0) is 19.4 Å². The fraction of sp³-hybridized carbons (Fsp3) is 0.500. The number of carbonyl (C=O) groups is 1. The lowest BCUT2D eigenvalue weighted by molar-refractivity contribution is 0.102. The molecule has 5 heteroatoms. The van der Waals surface area contributed by atoms with E-state index in [1.54, 1.807) is 0 Å². The van der Waals surface area contributed by atoms with Gasteiger partial charge in [-0.2, -0.15) is 0 Å². The lowest BCUT2D eigenvalue weighted by atomic mass is 9.95. The number of hydrogen-bond acceptors (Lipinski definition) is 4. The zero-order valence-electron chi connectivity index (χ0n) is 16.2. The Morgan fingerprint density at radius 1 is 1.04 bits per heavy atom. The first kappa shape index (κ1) is 18.7. The fourth-order valence-electron chi connectivity index (χ4n) is 4.15. The maximum atomic E-state index is 12.7. The number of piperazine rings is 1. The monoisotopic (exact) mass is 383 g/mol. The van der Waals surface area contributed by atoms with E-state index in [-0.39, 0.29) is 5.91 Å². The SMILES string of the molecule is CCN1CCN(Cc2c(NC(=O)c3ccccc3)sc3c2CCCC3)CC1. The molecule has 2 aliphatic rings. The van der Waals surface area contributed by atoms with Crippen LogP contribution in [0.15, 0.2) is 30.3 Å². The van der Waals surface area contributed by atoms with E-state index in [4.69, 9.17) is 0 Å². The van der Waals surface area contributed by atoms with Crippen molar-refractivity contribution < 1.29 is 4.79 Å². The van der Waals surface area contributed by atoms with Crippen molar-refractivity contribution in [1.82, 2.24) is 9.80 Å². The van der Waals surface area contributed by atoms with Crippen LogP contribution in [0.25, 0.3) is 0 Å². The van der Waals surface area contributed by atoms with Crippen LogP contribution in [0.3, 0.4) is 0 Å². The van der Waals surface area contributed by atoms with Crippen molar-refractivity contribution in [3.8, 4) is 0 Å².